The van der Waals surface area contributed by atoms with Gasteiger partial charge in [-0.25, -0.2) is 8.42 Å². The molecule has 1 fully saturated rings. The maximum Gasteiger partial charge on any atom is 0.236 e. The smallest absolute Gasteiger partial charge is 0.236 e. The lowest BCUT2D eigenvalue weighted by atomic mass is 9.92. The van der Waals surface area contributed by atoms with Crippen LogP contribution in [0.1, 0.15) is 20.3 Å². The van der Waals surface area contributed by atoms with E-state index in [0.29, 0.717) is 29.0 Å². The molecule has 0 amide bonds. The van der Waals surface area contributed by atoms with Crippen molar-refractivity contribution in [3.8, 4) is 17.2 Å². The minimum absolute atomic E-state index is 0.0270. The minimum Gasteiger partial charge on any atom is -0.497 e. The molecule has 2 atom stereocenters. The molecule has 0 bridgehead atoms. The number of sulfone groups is 1. The fourth-order valence-corrected chi connectivity index (χ4v) is 5.41. The number of oxazole rings is 1. The van der Waals surface area contributed by atoms with Gasteiger partial charge in [0.25, 0.3) is 0 Å². The summed E-state index contributed by atoms with van der Waals surface area (Å²) >= 11 is 0. The number of nitrogens with zero attached hydrogens (tertiary/aromatic N) is 2. The van der Waals surface area contributed by atoms with Crippen LogP contribution in [0.25, 0.3) is 11.5 Å². The second kappa shape index (κ2) is 8.14. The Morgan fingerprint density at radius 1 is 1.00 bits per heavy atom. The first kappa shape index (κ1) is 20.5. The van der Waals surface area contributed by atoms with E-state index in [1.165, 1.54) is 0 Å². The van der Waals surface area contributed by atoms with Crippen molar-refractivity contribution in [1.82, 2.24) is 4.98 Å². The number of rotatable bonds is 5. The fourth-order valence-electron chi connectivity index (χ4n) is 4.07. The highest BCUT2D eigenvalue weighted by Crippen LogP contribution is 2.37. The zero-order valence-corrected chi connectivity index (χ0v) is 18.2. The van der Waals surface area contributed by atoms with Crippen molar-refractivity contribution < 1.29 is 17.6 Å². The standard InChI is InChI=1S/C23H26N2O4S/c1-16-13-17(2)15-25(14-16)23-22(30(26,27)20-7-5-4-6-8-20)24-21(29-23)18-9-11-19(28-3)12-10-18/h4-12,16-17H,13-15H2,1-3H3. The van der Waals surface area contributed by atoms with Crippen molar-refractivity contribution >= 4 is 15.7 Å². The van der Waals surface area contributed by atoms with Crippen LogP contribution in [0.4, 0.5) is 5.88 Å². The molecule has 2 unspecified atom stereocenters. The van der Waals surface area contributed by atoms with Gasteiger partial charge in [0.2, 0.25) is 26.6 Å². The van der Waals surface area contributed by atoms with Crippen molar-refractivity contribution in [2.24, 2.45) is 11.8 Å². The van der Waals surface area contributed by atoms with E-state index >= 15 is 0 Å². The van der Waals surface area contributed by atoms with Crippen molar-refractivity contribution in [2.45, 2.75) is 30.2 Å². The van der Waals surface area contributed by atoms with Gasteiger partial charge in [-0.3, -0.25) is 0 Å². The second-order valence-electron chi connectivity index (χ2n) is 8.03. The maximum absolute atomic E-state index is 13.4. The first-order valence-corrected chi connectivity index (χ1v) is 11.6. The number of hydrogen-bond donors (Lipinski definition) is 0. The van der Waals surface area contributed by atoms with Crippen LogP contribution in [0.3, 0.4) is 0 Å². The molecule has 30 heavy (non-hydrogen) atoms. The van der Waals surface area contributed by atoms with Crippen LogP contribution >= 0.6 is 0 Å². The van der Waals surface area contributed by atoms with Crippen molar-refractivity contribution in [3.05, 3.63) is 54.6 Å². The molecule has 158 valence electrons. The minimum atomic E-state index is -3.83. The highest BCUT2D eigenvalue weighted by atomic mass is 32.2. The van der Waals surface area contributed by atoms with Crippen molar-refractivity contribution in [3.63, 3.8) is 0 Å². The Morgan fingerprint density at radius 2 is 1.63 bits per heavy atom. The topological polar surface area (TPSA) is 72.6 Å². The Bertz CT molecular complexity index is 1100. The molecule has 1 saturated heterocycles. The van der Waals surface area contributed by atoms with Crippen LogP contribution < -0.4 is 9.64 Å². The van der Waals surface area contributed by atoms with Gasteiger partial charge in [-0.05, 0) is 54.7 Å². The molecule has 0 saturated carbocycles. The summed E-state index contributed by atoms with van der Waals surface area (Å²) in [5, 5.41) is -0.0270. The summed E-state index contributed by atoms with van der Waals surface area (Å²) in [7, 11) is -2.23. The molecular weight excluding hydrogens is 400 g/mol. The highest BCUT2D eigenvalue weighted by molar-refractivity contribution is 7.91. The Balaban J connectivity index is 1.83. The van der Waals surface area contributed by atoms with E-state index in [-0.39, 0.29) is 15.8 Å². The first-order valence-electron chi connectivity index (χ1n) is 10.1. The van der Waals surface area contributed by atoms with Crippen molar-refractivity contribution in [1.29, 1.82) is 0 Å². The molecule has 1 aromatic heterocycles. The van der Waals surface area contributed by atoms with Crippen LogP contribution in [0.15, 0.2) is 68.9 Å². The lowest BCUT2D eigenvalue weighted by Gasteiger charge is -2.34. The maximum atomic E-state index is 13.4. The van der Waals surface area contributed by atoms with E-state index < -0.39 is 9.84 Å². The van der Waals surface area contributed by atoms with E-state index in [9.17, 15) is 8.42 Å². The normalized spacial score (nSPS) is 19.6. The molecular formula is C23H26N2O4S. The number of anilines is 1. The molecule has 7 heteroatoms. The SMILES string of the molecule is COc1ccc(-c2nc(S(=O)(=O)c3ccccc3)c(N3CC(C)CC(C)C3)o2)cc1. The largest absolute Gasteiger partial charge is 0.497 e. The van der Waals surface area contributed by atoms with E-state index in [1.807, 2.05) is 17.0 Å². The third kappa shape index (κ3) is 3.94. The summed E-state index contributed by atoms with van der Waals surface area (Å²) in [6.07, 6.45) is 1.11. The number of ether oxygens (including phenoxy) is 1. The summed E-state index contributed by atoms with van der Waals surface area (Å²) < 4.78 is 38.2. The van der Waals surface area contributed by atoms with Crippen LogP contribution in [-0.2, 0) is 9.84 Å². The van der Waals surface area contributed by atoms with Gasteiger partial charge in [-0.1, -0.05) is 32.0 Å². The van der Waals surface area contributed by atoms with Gasteiger partial charge >= 0.3 is 0 Å². The Kier molecular flexibility index (Phi) is 5.56. The lowest BCUT2D eigenvalue weighted by Crippen LogP contribution is -2.39. The van der Waals surface area contributed by atoms with Gasteiger partial charge in [-0.2, -0.15) is 4.98 Å². The second-order valence-corrected chi connectivity index (χ2v) is 9.89. The van der Waals surface area contributed by atoms with Crippen molar-refractivity contribution in [2.75, 3.05) is 25.1 Å². The molecule has 6 nitrogen and oxygen atoms in total. The molecule has 0 N–H and O–H groups in total. The monoisotopic (exact) mass is 426 g/mol. The quantitative estimate of drug-likeness (QED) is 0.591. The summed E-state index contributed by atoms with van der Waals surface area (Å²) in [6.45, 7) is 5.82. The molecule has 4 rings (SSSR count). The average Bonchev–Trinajstić information content (AvgIpc) is 3.20. The zero-order chi connectivity index (χ0) is 21.3. The zero-order valence-electron chi connectivity index (χ0n) is 17.4. The summed E-state index contributed by atoms with van der Waals surface area (Å²) in [4.78, 5) is 6.70. The molecule has 0 radical (unpaired) electrons. The van der Waals surface area contributed by atoms with Crippen LogP contribution in [0.5, 0.6) is 5.75 Å². The summed E-state index contributed by atoms with van der Waals surface area (Å²) in [6, 6.07) is 15.6. The lowest BCUT2D eigenvalue weighted by molar-refractivity contribution is 0.342. The van der Waals surface area contributed by atoms with E-state index in [0.717, 1.165) is 19.5 Å². The number of aromatic nitrogens is 1. The summed E-state index contributed by atoms with van der Waals surface area (Å²) in [5.41, 5.74) is 0.699. The first-order chi connectivity index (χ1) is 14.4. The predicted molar refractivity (Wildman–Crippen MR) is 116 cm³/mol. The number of piperidine rings is 1. The van der Waals surface area contributed by atoms with Gasteiger partial charge in [0, 0.05) is 18.7 Å². The fraction of sp³-hybridized carbons (Fsp3) is 0.348. The Morgan fingerprint density at radius 3 is 2.23 bits per heavy atom. The molecule has 0 aliphatic carbocycles. The molecule has 0 spiro atoms. The van der Waals surface area contributed by atoms with Gasteiger partial charge in [-0.15, -0.1) is 0 Å². The molecule has 1 aliphatic rings. The van der Waals surface area contributed by atoms with Gasteiger partial charge in [0.05, 0.1) is 12.0 Å². The third-order valence-corrected chi connectivity index (χ3v) is 7.05. The third-order valence-electron chi connectivity index (χ3n) is 5.38. The number of methoxy groups -OCH3 is 1. The molecule has 2 heterocycles. The number of hydrogen-bond acceptors (Lipinski definition) is 6. The predicted octanol–water partition coefficient (Wildman–Crippen LogP) is 4.67. The van der Waals surface area contributed by atoms with Crippen LogP contribution in [0, 0.1) is 11.8 Å². The highest BCUT2D eigenvalue weighted by Gasteiger charge is 2.34. The molecule has 3 aromatic rings. The molecule has 1 aliphatic heterocycles. The number of benzene rings is 2. The van der Waals surface area contributed by atoms with E-state index in [1.54, 1.807) is 49.6 Å². The van der Waals surface area contributed by atoms with Gasteiger partial charge in [0.15, 0.2) is 0 Å². The van der Waals surface area contributed by atoms with E-state index in [2.05, 4.69) is 18.8 Å². The van der Waals surface area contributed by atoms with Gasteiger partial charge in [0.1, 0.15) is 5.75 Å². The Labute approximate surface area is 177 Å². The van der Waals surface area contributed by atoms with Crippen LogP contribution in [-0.4, -0.2) is 33.6 Å². The average molecular weight is 427 g/mol. The van der Waals surface area contributed by atoms with Crippen LogP contribution in [0.2, 0.25) is 0 Å². The Hall–Kier alpha value is -2.80. The molecule has 2 aromatic carbocycles. The van der Waals surface area contributed by atoms with Gasteiger partial charge < -0.3 is 14.1 Å². The van der Waals surface area contributed by atoms with E-state index in [4.69, 9.17) is 9.15 Å². The summed E-state index contributed by atoms with van der Waals surface area (Å²) in [5.74, 6) is 2.20.